The van der Waals surface area contributed by atoms with Crippen LogP contribution in [0.25, 0.3) is 0 Å². The van der Waals surface area contributed by atoms with Gasteiger partial charge in [0.05, 0.1) is 5.41 Å². The molecule has 0 atom stereocenters. The van der Waals surface area contributed by atoms with Gasteiger partial charge in [-0.05, 0) is 48.2 Å². The molecule has 0 heterocycles. The van der Waals surface area contributed by atoms with Crippen LogP contribution in [0.4, 0.5) is 0 Å². The van der Waals surface area contributed by atoms with Crippen LogP contribution in [0.3, 0.4) is 0 Å². The Morgan fingerprint density at radius 2 is 1.81 bits per heavy atom. The summed E-state index contributed by atoms with van der Waals surface area (Å²) in [6, 6.07) is 14.9. The monoisotopic (exact) mass is 370 g/mol. The highest BCUT2D eigenvalue weighted by atomic mass is 35.5. The van der Waals surface area contributed by atoms with Crippen molar-refractivity contribution in [3.05, 3.63) is 70.2 Å². The summed E-state index contributed by atoms with van der Waals surface area (Å²) >= 11 is 6.11. The molecule has 0 aliphatic heterocycles. The molecule has 0 aromatic heterocycles. The molecule has 4 nitrogen and oxygen atoms in total. The lowest BCUT2D eigenvalue weighted by Gasteiger charge is -2.40. The molecule has 0 bridgehead atoms. The van der Waals surface area contributed by atoms with E-state index in [2.05, 4.69) is 5.32 Å². The Labute approximate surface area is 159 Å². The molecular formula is C21H23ClN2O2. The highest BCUT2D eigenvalue weighted by Crippen LogP contribution is 2.44. The summed E-state index contributed by atoms with van der Waals surface area (Å²) in [5.41, 5.74) is 2.13. The number of carbonyl (C=O) groups is 2. The fourth-order valence-electron chi connectivity index (χ4n) is 3.34. The van der Waals surface area contributed by atoms with Crippen molar-refractivity contribution < 1.29 is 9.59 Å². The highest BCUT2D eigenvalue weighted by molar-refractivity contribution is 6.30. The van der Waals surface area contributed by atoms with Crippen LogP contribution >= 0.6 is 11.6 Å². The second-order valence-corrected chi connectivity index (χ2v) is 7.46. The van der Waals surface area contributed by atoms with E-state index in [4.69, 9.17) is 11.6 Å². The first kappa shape index (κ1) is 18.5. The molecule has 1 saturated carbocycles. The van der Waals surface area contributed by atoms with E-state index >= 15 is 0 Å². The van der Waals surface area contributed by atoms with E-state index in [0.717, 1.165) is 30.4 Å². The van der Waals surface area contributed by atoms with Crippen LogP contribution in [0, 0.1) is 0 Å². The summed E-state index contributed by atoms with van der Waals surface area (Å²) in [5, 5.41) is 3.71. The predicted molar refractivity (Wildman–Crippen MR) is 103 cm³/mol. The van der Waals surface area contributed by atoms with Crippen molar-refractivity contribution in [3.63, 3.8) is 0 Å². The Bertz CT molecular complexity index is 811. The second kappa shape index (κ2) is 7.50. The van der Waals surface area contributed by atoms with Crippen molar-refractivity contribution >= 4 is 23.4 Å². The van der Waals surface area contributed by atoms with Gasteiger partial charge in [-0.3, -0.25) is 9.59 Å². The van der Waals surface area contributed by atoms with E-state index in [-0.39, 0.29) is 11.8 Å². The lowest BCUT2D eigenvalue weighted by molar-refractivity contribution is -0.130. The smallest absolute Gasteiger partial charge is 0.253 e. The lowest BCUT2D eigenvalue weighted by Crippen LogP contribution is -2.49. The number of amides is 2. The van der Waals surface area contributed by atoms with Gasteiger partial charge in [-0.1, -0.05) is 42.3 Å². The first-order chi connectivity index (χ1) is 12.4. The van der Waals surface area contributed by atoms with E-state index in [9.17, 15) is 9.59 Å². The lowest BCUT2D eigenvalue weighted by atomic mass is 9.64. The number of rotatable bonds is 5. The van der Waals surface area contributed by atoms with E-state index < -0.39 is 5.41 Å². The quantitative estimate of drug-likeness (QED) is 0.870. The molecule has 2 aromatic carbocycles. The first-order valence-corrected chi connectivity index (χ1v) is 9.15. The maximum absolute atomic E-state index is 12.9. The van der Waals surface area contributed by atoms with Gasteiger partial charge in [-0.2, -0.15) is 0 Å². The highest BCUT2D eigenvalue weighted by Gasteiger charge is 2.45. The molecule has 1 aliphatic carbocycles. The summed E-state index contributed by atoms with van der Waals surface area (Å²) in [6.45, 7) is 0.442. The van der Waals surface area contributed by atoms with Crippen LogP contribution < -0.4 is 5.32 Å². The van der Waals surface area contributed by atoms with E-state index in [0.29, 0.717) is 17.1 Å². The zero-order valence-electron chi connectivity index (χ0n) is 15.1. The van der Waals surface area contributed by atoms with Crippen LogP contribution in [0.2, 0.25) is 5.02 Å². The maximum atomic E-state index is 12.9. The third-order valence-corrected chi connectivity index (χ3v) is 5.31. The summed E-state index contributed by atoms with van der Waals surface area (Å²) in [6.07, 6.45) is 2.73. The Kier molecular flexibility index (Phi) is 5.33. The van der Waals surface area contributed by atoms with Crippen molar-refractivity contribution in [2.45, 2.75) is 31.2 Å². The molecular weight excluding hydrogens is 348 g/mol. The molecule has 5 heteroatoms. The van der Waals surface area contributed by atoms with E-state index in [1.165, 1.54) is 0 Å². The largest absolute Gasteiger partial charge is 0.351 e. The van der Waals surface area contributed by atoms with Crippen molar-refractivity contribution in [2.75, 3.05) is 14.1 Å². The summed E-state index contributed by atoms with van der Waals surface area (Å²) in [7, 11) is 3.45. The minimum atomic E-state index is -0.467. The van der Waals surface area contributed by atoms with Gasteiger partial charge in [-0.15, -0.1) is 0 Å². The molecule has 1 fully saturated rings. The standard InChI is InChI=1S/C21H23ClN2O2/c1-24(2)19(25)16-9-7-15(8-10-16)14-23-20(26)21(11-4-12-21)17-5-3-6-18(22)13-17/h3,5-10,13H,4,11-12,14H2,1-2H3,(H,23,26). The Morgan fingerprint density at radius 1 is 1.12 bits per heavy atom. The topological polar surface area (TPSA) is 49.4 Å². The summed E-state index contributed by atoms with van der Waals surface area (Å²) < 4.78 is 0. The molecule has 0 spiro atoms. The fraction of sp³-hybridized carbons (Fsp3) is 0.333. The van der Waals surface area contributed by atoms with Gasteiger partial charge >= 0.3 is 0 Å². The zero-order chi connectivity index (χ0) is 18.7. The van der Waals surface area contributed by atoms with Gasteiger partial charge in [0.15, 0.2) is 0 Å². The second-order valence-electron chi connectivity index (χ2n) is 7.03. The van der Waals surface area contributed by atoms with Gasteiger partial charge in [-0.25, -0.2) is 0 Å². The van der Waals surface area contributed by atoms with Crippen molar-refractivity contribution in [1.82, 2.24) is 10.2 Å². The van der Waals surface area contributed by atoms with Crippen molar-refractivity contribution in [3.8, 4) is 0 Å². The molecule has 26 heavy (non-hydrogen) atoms. The zero-order valence-corrected chi connectivity index (χ0v) is 15.8. The maximum Gasteiger partial charge on any atom is 0.253 e. The molecule has 2 aromatic rings. The number of hydrogen-bond donors (Lipinski definition) is 1. The third-order valence-electron chi connectivity index (χ3n) is 5.08. The summed E-state index contributed by atoms with van der Waals surface area (Å²) in [5.74, 6) is 0.00873. The normalized spacial score (nSPS) is 15.0. The minimum absolute atomic E-state index is 0.0324. The van der Waals surface area contributed by atoms with E-state index in [1.54, 1.807) is 31.1 Å². The van der Waals surface area contributed by atoms with Crippen LogP contribution in [-0.4, -0.2) is 30.8 Å². The van der Waals surface area contributed by atoms with Crippen molar-refractivity contribution in [2.24, 2.45) is 0 Å². The van der Waals surface area contributed by atoms with Crippen LogP contribution in [0.15, 0.2) is 48.5 Å². The fourth-order valence-corrected chi connectivity index (χ4v) is 3.53. The first-order valence-electron chi connectivity index (χ1n) is 8.77. The molecule has 1 N–H and O–H groups in total. The molecule has 0 saturated heterocycles. The number of halogens is 1. The minimum Gasteiger partial charge on any atom is -0.351 e. The Morgan fingerprint density at radius 3 is 2.35 bits per heavy atom. The molecule has 3 rings (SSSR count). The van der Waals surface area contributed by atoms with Gasteiger partial charge in [0, 0.05) is 31.2 Å². The average Bonchev–Trinajstić information content (AvgIpc) is 2.59. The summed E-state index contributed by atoms with van der Waals surface area (Å²) in [4.78, 5) is 26.4. The number of benzene rings is 2. The molecule has 0 unspecified atom stereocenters. The van der Waals surface area contributed by atoms with Gasteiger partial charge in [0.2, 0.25) is 5.91 Å². The van der Waals surface area contributed by atoms with Gasteiger partial charge in [0.25, 0.3) is 5.91 Å². The van der Waals surface area contributed by atoms with Crippen molar-refractivity contribution in [1.29, 1.82) is 0 Å². The SMILES string of the molecule is CN(C)C(=O)c1ccc(CNC(=O)C2(c3cccc(Cl)c3)CCC2)cc1. The number of hydrogen-bond acceptors (Lipinski definition) is 2. The number of carbonyl (C=O) groups excluding carboxylic acids is 2. The van der Waals surface area contributed by atoms with Gasteiger partial charge in [0.1, 0.15) is 0 Å². The molecule has 1 aliphatic rings. The molecule has 2 amide bonds. The molecule has 136 valence electrons. The predicted octanol–water partition coefficient (Wildman–Crippen LogP) is 3.78. The average molecular weight is 371 g/mol. The third kappa shape index (κ3) is 3.61. The molecule has 0 radical (unpaired) electrons. The van der Waals surface area contributed by atoms with Crippen LogP contribution in [0.1, 0.15) is 40.7 Å². The van der Waals surface area contributed by atoms with Crippen LogP contribution in [0.5, 0.6) is 0 Å². The number of nitrogens with one attached hydrogen (secondary N) is 1. The van der Waals surface area contributed by atoms with E-state index in [1.807, 2.05) is 36.4 Å². The number of nitrogens with zero attached hydrogens (tertiary/aromatic N) is 1. The Hall–Kier alpha value is -2.33. The van der Waals surface area contributed by atoms with Crippen LogP contribution in [-0.2, 0) is 16.8 Å². The Balaban J connectivity index is 1.67. The van der Waals surface area contributed by atoms with Gasteiger partial charge < -0.3 is 10.2 Å².